The van der Waals surface area contributed by atoms with Gasteiger partial charge in [-0.1, -0.05) is 13.5 Å². The molecule has 2 aromatic heterocycles. The SMILES string of the molecule is C=CC(=O)N1CCC2(CCN(c3cc(N4CCN(CC)CC4)c4[nH]cnc4n3)CC2)C1. The summed E-state index contributed by atoms with van der Waals surface area (Å²) in [4.78, 5) is 34.0. The summed E-state index contributed by atoms with van der Waals surface area (Å²) in [6.07, 6.45) is 6.48. The Morgan fingerprint density at radius 1 is 1.13 bits per heavy atom. The number of hydrogen-bond acceptors (Lipinski definition) is 6. The number of imidazole rings is 1. The molecule has 2 aromatic rings. The number of likely N-dealkylation sites (N-methyl/N-ethyl adjacent to an activating group) is 1. The zero-order chi connectivity index (χ0) is 21.4. The number of aromatic nitrogens is 3. The van der Waals surface area contributed by atoms with Crippen LogP contribution in [-0.2, 0) is 4.79 Å². The number of aromatic amines is 1. The standard InChI is InChI=1S/C23H33N7O/c1-3-20(31)30-10-7-23(16-30)5-8-29(9-6-23)19-15-18(21-22(26-19)25-17-24-21)28-13-11-27(4-2)12-14-28/h3,15,17H,1,4-14,16H2,2H3,(H,24,25,26). The van der Waals surface area contributed by atoms with Crippen molar-refractivity contribution in [3.63, 3.8) is 0 Å². The van der Waals surface area contributed by atoms with Gasteiger partial charge in [-0.25, -0.2) is 9.97 Å². The first kappa shape index (κ1) is 20.3. The zero-order valence-electron chi connectivity index (χ0n) is 18.5. The third kappa shape index (κ3) is 3.78. The van der Waals surface area contributed by atoms with E-state index in [0.29, 0.717) is 0 Å². The Balaban J connectivity index is 1.32. The van der Waals surface area contributed by atoms with Crippen molar-refractivity contribution in [2.75, 3.05) is 68.7 Å². The first-order valence-electron chi connectivity index (χ1n) is 11.6. The van der Waals surface area contributed by atoms with Gasteiger partial charge >= 0.3 is 0 Å². The molecule has 0 aliphatic carbocycles. The summed E-state index contributed by atoms with van der Waals surface area (Å²) in [5.74, 6) is 1.09. The Labute approximate surface area is 183 Å². The van der Waals surface area contributed by atoms with E-state index in [1.807, 2.05) is 4.90 Å². The number of piperidine rings is 1. The average Bonchev–Trinajstić information content (AvgIpc) is 3.46. The van der Waals surface area contributed by atoms with Gasteiger partial charge in [-0.15, -0.1) is 0 Å². The van der Waals surface area contributed by atoms with Crippen LogP contribution in [0.5, 0.6) is 0 Å². The van der Waals surface area contributed by atoms with Crippen molar-refractivity contribution in [2.45, 2.75) is 26.2 Å². The third-order valence-electron chi connectivity index (χ3n) is 7.59. The van der Waals surface area contributed by atoms with Crippen LogP contribution in [0.1, 0.15) is 26.2 Å². The van der Waals surface area contributed by atoms with Crippen LogP contribution in [0.2, 0.25) is 0 Å². The molecular formula is C23H33N7O. The molecule has 5 heterocycles. The molecule has 0 aromatic carbocycles. The lowest BCUT2D eigenvalue weighted by Crippen LogP contribution is -2.46. The van der Waals surface area contributed by atoms with E-state index in [0.717, 1.165) is 95.1 Å². The summed E-state index contributed by atoms with van der Waals surface area (Å²) in [5.41, 5.74) is 3.31. The number of nitrogens with zero attached hydrogens (tertiary/aromatic N) is 6. The third-order valence-corrected chi connectivity index (χ3v) is 7.59. The molecule has 1 amide bonds. The quantitative estimate of drug-likeness (QED) is 0.760. The van der Waals surface area contributed by atoms with E-state index in [4.69, 9.17) is 4.98 Å². The number of carbonyl (C=O) groups excluding carboxylic acids is 1. The Hall–Kier alpha value is -2.61. The Morgan fingerprint density at radius 3 is 2.58 bits per heavy atom. The molecule has 1 spiro atoms. The van der Waals surface area contributed by atoms with Gasteiger partial charge in [-0.2, -0.15) is 0 Å². The van der Waals surface area contributed by atoms with E-state index in [9.17, 15) is 4.79 Å². The molecule has 0 bridgehead atoms. The number of fused-ring (bicyclic) bond motifs is 1. The summed E-state index contributed by atoms with van der Waals surface area (Å²) in [5, 5.41) is 0. The molecule has 3 saturated heterocycles. The molecule has 8 heteroatoms. The molecule has 1 N–H and O–H groups in total. The van der Waals surface area contributed by atoms with Gasteiger partial charge in [0.25, 0.3) is 0 Å². The van der Waals surface area contributed by atoms with E-state index in [2.05, 4.69) is 44.2 Å². The molecule has 8 nitrogen and oxygen atoms in total. The molecular weight excluding hydrogens is 390 g/mol. The van der Waals surface area contributed by atoms with Gasteiger partial charge < -0.3 is 24.6 Å². The van der Waals surface area contributed by atoms with Gasteiger partial charge in [0.15, 0.2) is 5.65 Å². The highest BCUT2D eigenvalue weighted by Gasteiger charge is 2.42. The molecule has 0 saturated carbocycles. The van der Waals surface area contributed by atoms with E-state index in [-0.39, 0.29) is 11.3 Å². The van der Waals surface area contributed by atoms with Crippen molar-refractivity contribution in [2.24, 2.45) is 5.41 Å². The Morgan fingerprint density at radius 2 is 1.87 bits per heavy atom. The van der Waals surface area contributed by atoms with Gasteiger partial charge in [0.05, 0.1) is 12.0 Å². The van der Waals surface area contributed by atoms with Crippen LogP contribution in [0, 0.1) is 5.41 Å². The number of piperazine rings is 1. The lowest BCUT2D eigenvalue weighted by Gasteiger charge is -2.40. The largest absolute Gasteiger partial charge is 0.367 e. The minimum atomic E-state index is 0.0674. The number of anilines is 2. The zero-order valence-corrected chi connectivity index (χ0v) is 18.5. The summed E-state index contributed by atoms with van der Waals surface area (Å²) >= 11 is 0. The topological polar surface area (TPSA) is 71.6 Å². The van der Waals surface area contributed by atoms with E-state index in [1.54, 1.807) is 6.33 Å². The van der Waals surface area contributed by atoms with Crippen molar-refractivity contribution in [1.82, 2.24) is 24.8 Å². The molecule has 31 heavy (non-hydrogen) atoms. The van der Waals surface area contributed by atoms with Crippen molar-refractivity contribution in [1.29, 1.82) is 0 Å². The first-order chi connectivity index (χ1) is 15.1. The van der Waals surface area contributed by atoms with Crippen LogP contribution < -0.4 is 9.80 Å². The van der Waals surface area contributed by atoms with E-state index >= 15 is 0 Å². The van der Waals surface area contributed by atoms with Crippen LogP contribution in [0.15, 0.2) is 25.0 Å². The van der Waals surface area contributed by atoms with Crippen LogP contribution in [-0.4, -0.2) is 89.6 Å². The smallest absolute Gasteiger partial charge is 0.245 e. The highest BCUT2D eigenvalue weighted by Crippen LogP contribution is 2.41. The number of rotatable bonds is 4. The number of hydrogen-bond donors (Lipinski definition) is 1. The van der Waals surface area contributed by atoms with Crippen molar-refractivity contribution in [3.8, 4) is 0 Å². The Kier molecular flexibility index (Phi) is 5.33. The molecule has 166 valence electrons. The lowest BCUT2D eigenvalue weighted by atomic mass is 9.78. The predicted molar refractivity (Wildman–Crippen MR) is 123 cm³/mol. The van der Waals surface area contributed by atoms with Gasteiger partial charge in [-0.05, 0) is 37.3 Å². The molecule has 5 rings (SSSR count). The second-order valence-corrected chi connectivity index (χ2v) is 9.22. The maximum atomic E-state index is 12.0. The fraction of sp³-hybridized carbons (Fsp3) is 0.609. The van der Waals surface area contributed by atoms with Crippen LogP contribution >= 0.6 is 0 Å². The molecule has 3 aliphatic rings. The lowest BCUT2D eigenvalue weighted by molar-refractivity contribution is -0.125. The normalized spacial score (nSPS) is 21.9. The number of carbonyl (C=O) groups is 1. The van der Waals surface area contributed by atoms with E-state index < -0.39 is 0 Å². The molecule has 0 unspecified atom stereocenters. The van der Waals surface area contributed by atoms with Gasteiger partial charge in [0.1, 0.15) is 11.3 Å². The van der Waals surface area contributed by atoms with Gasteiger partial charge in [-0.3, -0.25) is 4.79 Å². The molecule has 3 fully saturated rings. The van der Waals surface area contributed by atoms with Crippen LogP contribution in [0.4, 0.5) is 11.5 Å². The van der Waals surface area contributed by atoms with Gasteiger partial charge in [0.2, 0.25) is 5.91 Å². The second kappa shape index (κ2) is 8.15. The van der Waals surface area contributed by atoms with Crippen LogP contribution in [0.3, 0.4) is 0 Å². The first-order valence-corrected chi connectivity index (χ1v) is 11.6. The number of pyridine rings is 1. The number of likely N-dealkylation sites (tertiary alicyclic amines) is 1. The number of amides is 1. The van der Waals surface area contributed by atoms with Crippen molar-refractivity contribution >= 4 is 28.6 Å². The number of nitrogens with one attached hydrogen (secondary N) is 1. The van der Waals surface area contributed by atoms with Crippen molar-refractivity contribution < 1.29 is 4.79 Å². The van der Waals surface area contributed by atoms with Crippen molar-refractivity contribution in [3.05, 3.63) is 25.0 Å². The highest BCUT2D eigenvalue weighted by atomic mass is 16.2. The van der Waals surface area contributed by atoms with Gasteiger partial charge in [0, 0.05) is 58.4 Å². The monoisotopic (exact) mass is 423 g/mol. The molecule has 0 radical (unpaired) electrons. The predicted octanol–water partition coefficient (Wildman–Crippen LogP) is 2.10. The van der Waals surface area contributed by atoms with Crippen LogP contribution in [0.25, 0.3) is 11.2 Å². The van der Waals surface area contributed by atoms with E-state index in [1.165, 1.54) is 11.8 Å². The molecule has 0 atom stereocenters. The maximum Gasteiger partial charge on any atom is 0.245 e. The summed E-state index contributed by atoms with van der Waals surface area (Å²) in [7, 11) is 0. The fourth-order valence-electron chi connectivity index (χ4n) is 5.48. The highest BCUT2D eigenvalue weighted by molar-refractivity contribution is 5.88. The minimum Gasteiger partial charge on any atom is -0.367 e. The minimum absolute atomic E-state index is 0.0674. The molecule has 3 aliphatic heterocycles. The summed E-state index contributed by atoms with van der Waals surface area (Å²) in [6.45, 7) is 14.9. The fourth-order valence-corrected chi connectivity index (χ4v) is 5.48. The average molecular weight is 424 g/mol. The summed E-state index contributed by atoms with van der Waals surface area (Å²) in [6, 6.07) is 2.25. The Bertz CT molecular complexity index is 954. The summed E-state index contributed by atoms with van der Waals surface area (Å²) < 4.78 is 0. The number of H-pyrrole nitrogens is 1. The maximum absolute atomic E-state index is 12.0. The second-order valence-electron chi connectivity index (χ2n) is 9.22.